The van der Waals surface area contributed by atoms with Crippen LogP contribution in [0.3, 0.4) is 0 Å². The second-order valence-corrected chi connectivity index (χ2v) is 8.22. The van der Waals surface area contributed by atoms with E-state index in [-0.39, 0.29) is 24.2 Å². The fraction of sp³-hybridized carbons (Fsp3) is 0.882. The molecule has 0 heterocycles. The van der Waals surface area contributed by atoms with Crippen LogP contribution in [0, 0.1) is 5.92 Å². The number of carbonyl (C=O) groups excluding carboxylic acids is 2. The molecule has 0 aromatic heterocycles. The van der Waals surface area contributed by atoms with E-state index in [2.05, 4.69) is 5.32 Å². The molecule has 0 aliphatic rings. The third-order valence-electron chi connectivity index (χ3n) is 2.99. The fourth-order valence-corrected chi connectivity index (χ4v) is 1.91. The summed E-state index contributed by atoms with van der Waals surface area (Å²) < 4.78 is 11.2. The van der Waals surface area contributed by atoms with Gasteiger partial charge >= 0.3 is 5.97 Å². The van der Waals surface area contributed by atoms with Gasteiger partial charge in [0.25, 0.3) is 0 Å². The molecule has 0 fully saturated rings. The van der Waals surface area contributed by atoms with E-state index in [0.29, 0.717) is 0 Å². The summed E-state index contributed by atoms with van der Waals surface area (Å²) in [6.45, 7) is 16.4. The molecule has 6 nitrogen and oxygen atoms in total. The minimum absolute atomic E-state index is 0. The number of hydrogen-bond donors (Lipinski definition) is 2. The zero-order valence-corrected chi connectivity index (χ0v) is 17.2. The highest BCUT2D eigenvalue weighted by atomic mass is 35.5. The lowest BCUT2D eigenvalue weighted by molar-refractivity contribution is -0.166. The van der Waals surface area contributed by atoms with E-state index in [0.717, 1.165) is 0 Å². The number of hydrogen-bond acceptors (Lipinski definition) is 5. The molecule has 0 saturated carbocycles. The summed E-state index contributed by atoms with van der Waals surface area (Å²) in [6, 6.07) is -1.60. The van der Waals surface area contributed by atoms with Gasteiger partial charge in [-0.05, 0) is 54.4 Å². The van der Waals surface area contributed by atoms with E-state index in [9.17, 15) is 9.59 Å². The van der Waals surface area contributed by atoms with Gasteiger partial charge in [0.05, 0.1) is 17.7 Å². The lowest BCUT2D eigenvalue weighted by Gasteiger charge is -2.32. The van der Waals surface area contributed by atoms with Crippen LogP contribution in [0.4, 0.5) is 0 Å². The minimum atomic E-state index is -0.911. The van der Waals surface area contributed by atoms with Gasteiger partial charge in [-0.3, -0.25) is 4.79 Å². The number of nitrogens with one attached hydrogen (secondary N) is 1. The molecule has 0 bridgehead atoms. The van der Waals surface area contributed by atoms with E-state index in [4.69, 9.17) is 15.2 Å². The van der Waals surface area contributed by atoms with Crippen molar-refractivity contribution in [3.63, 3.8) is 0 Å². The molecule has 3 N–H and O–H groups in total. The number of amides is 1. The van der Waals surface area contributed by atoms with Gasteiger partial charge in [-0.2, -0.15) is 0 Å². The average molecular weight is 367 g/mol. The summed E-state index contributed by atoms with van der Waals surface area (Å²) in [5, 5.41) is 2.68. The Hall–Kier alpha value is -0.850. The summed E-state index contributed by atoms with van der Waals surface area (Å²) in [6.07, 6.45) is -0.548. The number of nitrogens with two attached hydrogens (primary N) is 1. The van der Waals surface area contributed by atoms with Crippen molar-refractivity contribution in [1.82, 2.24) is 5.32 Å². The van der Waals surface area contributed by atoms with Gasteiger partial charge in [0, 0.05) is 0 Å². The lowest BCUT2D eigenvalue weighted by Crippen LogP contribution is -2.56. The van der Waals surface area contributed by atoms with Crippen molar-refractivity contribution >= 4 is 24.3 Å². The molecule has 7 heteroatoms. The van der Waals surface area contributed by atoms with E-state index in [1.54, 1.807) is 27.7 Å². The molecule has 0 unspecified atom stereocenters. The quantitative estimate of drug-likeness (QED) is 0.704. The number of esters is 1. The normalized spacial score (nSPS) is 16.0. The summed E-state index contributed by atoms with van der Waals surface area (Å²) in [5.74, 6) is -0.952. The van der Waals surface area contributed by atoms with Crippen molar-refractivity contribution in [3.05, 3.63) is 0 Å². The molecule has 0 spiro atoms. The van der Waals surface area contributed by atoms with Crippen molar-refractivity contribution in [2.45, 2.75) is 91.7 Å². The zero-order chi connectivity index (χ0) is 18.6. The summed E-state index contributed by atoms with van der Waals surface area (Å²) in [7, 11) is 0. The van der Waals surface area contributed by atoms with Gasteiger partial charge in [0.2, 0.25) is 5.91 Å². The molecule has 1 amide bonds. The first kappa shape index (κ1) is 25.4. The first-order valence-corrected chi connectivity index (χ1v) is 8.10. The van der Waals surface area contributed by atoms with Crippen LogP contribution in [0.5, 0.6) is 0 Å². The Morgan fingerprint density at radius 2 is 1.42 bits per heavy atom. The Balaban J connectivity index is 0. The zero-order valence-electron chi connectivity index (χ0n) is 16.4. The smallest absolute Gasteiger partial charge is 0.331 e. The third-order valence-corrected chi connectivity index (χ3v) is 2.99. The molecular weight excluding hydrogens is 332 g/mol. The lowest BCUT2D eigenvalue weighted by atomic mass is 10.0. The predicted octanol–water partition coefficient (Wildman–Crippen LogP) is 2.42. The molecular formula is C17H35ClN2O4. The Morgan fingerprint density at radius 1 is 0.958 bits per heavy atom. The summed E-state index contributed by atoms with van der Waals surface area (Å²) in [5.41, 5.74) is 4.75. The number of halogens is 1. The highest BCUT2D eigenvalue weighted by molar-refractivity contribution is 5.88. The van der Waals surface area contributed by atoms with Gasteiger partial charge in [0.1, 0.15) is 5.60 Å². The molecule has 24 heavy (non-hydrogen) atoms. The second kappa shape index (κ2) is 9.59. The molecule has 0 saturated heterocycles. The van der Waals surface area contributed by atoms with Crippen LogP contribution >= 0.6 is 12.4 Å². The molecule has 144 valence electrons. The average Bonchev–Trinajstić information content (AvgIpc) is 2.29. The van der Waals surface area contributed by atoms with Crippen LogP contribution in [-0.2, 0) is 19.1 Å². The summed E-state index contributed by atoms with van der Waals surface area (Å²) >= 11 is 0. The maximum Gasteiger partial charge on any atom is 0.331 e. The Labute approximate surface area is 152 Å². The van der Waals surface area contributed by atoms with Crippen molar-refractivity contribution in [3.8, 4) is 0 Å². The van der Waals surface area contributed by atoms with Crippen LogP contribution in [-0.4, -0.2) is 41.3 Å². The molecule has 0 radical (unpaired) electrons. The van der Waals surface area contributed by atoms with Crippen LogP contribution < -0.4 is 11.1 Å². The van der Waals surface area contributed by atoms with Crippen molar-refractivity contribution < 1.29 is 19.1 Å². The first-order chi connectivity index (χ1) is 10.1. The minimum Gasteiger partial charge on any atom is -0.458 e. The molecule has 0 aliphatic heterocycles. The van der Waals surface area contributed by atoms with Crippen LogP contribution in [0.2, 0.25) is 0 Å². The summed E-state index contributed by atoms with van der Waals surface area (Å²) in [4.78, 5) is 24.7. The van der Waals surface area contributed by atoms with Gasteiger partial charge in [0.15, 0.2) is 6.04 Å². The number of rotatable bonds is 6. The molecule has 0 aromatic carbocycles. The van der Waals surface area contributed by atoms with E-state index >= 15 is 0 Å². The van der Waals surface area contributed by atoms with E-state index < -0.39 is 35.4 Å². The first-order valence-electron chi connectivity index (χ1n) is 8.10. The monoisotopic (exact) mass is 366 g/mol. The van der Waals surface area contributed by atoms with Crippen molar-refractivity contribution in [1.29, 1.82) is 0 Å². The Bertz CT molecular complexity index is 414. The Morgan fingerprint density at radius 3 is 1.75 bits per heavy atom. The van der Waals surface area contributed by atoms with Gasteiger partial charge in [-0.15, -0.1) is 12.4 Å². The van der Waals surface area contributed by atoms with Crippen molar-refractivity contribution in [2.24, 2.45) is 11.7 Å². The van der Waals surface area contributed by atoms with Crippen LogP contribution in [0.15, 0.2) is 0 Å². The predicted molar refractivity (Wildman–Crippen MR) is 98.1 cm³/mol. The third kappa shape index (κ3) is 10.1. The molecule has 0 aromatic rings. The SMILES string of the molecule is CC(C)[C@H](N)C(=O)N[C@H](C(=O)OC(C)(C)C)[C@@H](C)OC(C)(C)C.Cl. The second-order valence-electron chi connectivity index (χ2n) is 8.22. The maximum atomic E-state index is 12.5. The number of carbonyl (C=O) groups is 2. The highest BCUT2D eigenvalue weighted by Crippen LogP contribution is 2.16. The fourth-order valence-electron chi connectivity index (χ4n) is 1.91. The van der Waals surface area contributed by atoms with Gasteiger partial charge in [-0.25, -0.2) is 4.79 Å². The highest BCUT2D eigenvalue weighted by Gasteiger charge is 2.35. The van der Waals surface area contributed by atoms with Crippen LogP contribution in [0.25, 0.3) is 0 Å². The Kier molecular flexibility index (Phi) is 10.1. The molecule has 0 aliphatic carbocycles. The number of ether oxygens (including phenoxy) is 2. The maximum absolute atomic E-state index is 12.5. The molecule has 0 rings (SSSR count). The molecule has 3 atom stereocenters. The largest absolute Gasteiger partial charge is 0.458 e. The van der Waals surface area contributed by atoms with Crippen LogP contribution in [0.1, 0.15) is 62.3 Å². The standard InChI is InChI=1S/C17H34N2O4.ClH/c1-10(2)12(18)14(20)19-13(11(3)22-16(4,5)6)15(21)23-17(7,8)9;/h10-13H,18H2,1-9H3,(H,19,20);1H/t11-,12+,13+;/m1./s1. The van der Waals surface area contributed by atoms with Crippen molar-refractivity contribution in [2.75, 3.05) is 0 Å². The topological polar surface area (TPSA) is 90.7 Å². The van der Waals surface area contributed by atoms with E-state index in [1.807, 2.05) is 34.6 Å². The van der Waals surface area contributed by atoms with Gasteiger partial charge in [-0.1, -0.05) is 13.8 Å². The van der Waals surface area contributed by atoms with Gasteiger partial charge < -0.3 is 20.5 Å². The van der Waals surface area contributed by atoms with E-state index in [1.165, 1.54) is 0 Å².